The number of piperidine rings is 1. The maximum absolute atomic E-state index is 12.8. The van der Waals surface area contributed by atoms with Crippen molar-refractivity contribution < 1.29 is 9.59 Å². The number of likely N-dealkylation sites (N-methyl/N-ethyl adjacent to an activating group) is 1. The van der Waals surface area contributed by atoms with Gasteiger partial charge in [0, 0.05) is 32.9 Å². The number of benzene rings is 1. The van der Waals surface area contributed by atoms with E-state index in [0.717, 1.165) is 18.5 Å². The smallest absolute Gasteiger partial charge is 0.317 e. The van der Waals surface area contributed by atoms with Crippen molar-refractivity contribution in [1.29, 1.82) is 0 Å². The highest BCUT2D eigenvalue weighted by atomic mass is 35.5. The van der Waals surface area contributed by atoms with Crippen molar-refractivity contribution in [3.8, 4) is 5.69 Å². The van der Waals surface area contributed by atoms with Gasteiger partial charge in [0.25, 0.3) is 5.91 Å². The van der Waals surface area contributed by atoms with E-state index in [2.05, 4.69) is 10.4 Å². The number of urea groups is 1. The van der Waals surface area contributed by atoms with Gasteiger partial charge in [-0.1, -0.05) is 23.2 Å². The summed E-state index contributed by atoms with van der Waals surface area (Å²) < 4.78 is 1.61. The third kappa shape index (κ3) is 3.15. The van der Waals surface area contributed by atoms with Crippen LogP contribution in [0.4, 0.5) is 4.79 Å². The van der Waals surface area contributed by atoms with Gasteiger partial charge >= 0.3 is 6.03 Å². The lowest BCUT2D eigenvalue weighted by molar-refractivity contribution is 0.0559. The van der Waals surface area contributed by atoms with Crippen LogP contribution in [0.15, 0.2) is 30.5 Å². The van der Waals surface area contributed by atoms with Gasteiger partial charge in [0.05, 0.1) is 21.3 Å². The second-order valence-corrected chi connectivity index (χ2v) is 7.79. The van der Waals surface area contributed by atoms with Crippen molar-refractivity contribution in [2.24, 2.45) is 0 Å². The van der Waals surface area contributed by atoms with Gasteiger partial charge in [0.15, 0.2) is 5.69 Å². The number of hydrogen-bond donors (Lipinski definition) is 1. The summed E-state index contributed by atoms with van der Waals surface area (Å²) in [5.41, 5.74) is 0.928. The van der Waals surface area contributed by atoms with Crippen LogP contribution in [0.5, 0.6) is 0 Å². The number of nitrogens with one attached hydrogen (secondary N) is 1. The van der Waals surface area contributed by atoms with E-state index in [0.29, 0.717) is 35.4 Å². The molecule has 2 saturated heterocycles. The van der Waals surface area contributed by atoms with Gasteiger partial charge < -0.3 is 15.1 Å². The van der Waals surface area contributed by atoms with Gasteiger partial charge in [0.1, 0.15) is 0 Å². The molecular weight excluding hydrogens is 389 g/mol. The van der Waals surface area contributed by atoms with E-state index in [1.165, 1.54) is 0 Å². The van der Waals surface area contributed by atoms with E-state index in [4.69, 9.17) is 23.2 Å². The summed E-state index contributed by atoms with van der Waals surface area (Å²) in [6.07, 6.45) is 3.23. The summed E-state index contributed by atoms with van der Waals surface area (Å²) in [5, 5.41) is 8.17. The summed E-state index contributed by atoms with van der Waals surface area (Å²) in [7, 11) is 1.82. The fourth-order valence-corrected chi connectivity index (χ4v) is 3.99. The van der Waals surface area contributed by atoms with Crippen LogP contribution in [0, 0.1) is 0 Å². The average Bonchev–Trinajstić information content (AvgIpc) is 3.26. The van der Waals surface area contributed by atoms with Crippen LogP contribution in [0.25, 0.3) is 5.69 Å². The molecule has 3 amide bonds. The largest absolute Gasteiger partial charge is 0.337 e. The first-order valence-electron chi connectivity index (χ1n) is 8.72. The topological polar surface area (TPSA) is 70.5 Å². The minimum Gasteiger partial charge on any atom is -0.337 e. The number of likely N-dealkylation sites (tertiary alicyclic amines) is 1. The first-order chi connectivity index (χ1) is 12.9. The van der Waals surface area contributed by atoms with E-state index in [9.17, 15) is 9.59 Å². The zero-order chi connectivity index (χ0) is 19.2. The second-order valence-electron chi connectivity index (χ2n) is 6.98. The molecule has 3 heterocycles. The highest BCUT2D eigenvalue weighted by Gasteiger charge is 2.45. The van der Waals surface area contributed by atoms with Gasteiger partial charge in [-0.2, -0.15) is 5.10 Å². The molecule has 0 saturated carbocycles. The molecule has 1 aromatic heterocycles. The number of nitrogens with zero attached hydrogens (tertiary/aromatic N) is 4. The lowest BCUT2D eigenvalue weighted by Gasteiger charge is -2.42. The van der Waals surface area contributed by atoms with Crippen molar-refractivity contribution in [3.05, 3.63) is 46.2 Å². The highest BCUT2D eigenvalue weighted by Crippen LogP contribution is 2.31. The molecule has 0 bridgehead atoms. The molecule has 0 atom stereocenters. The zero-order valence-corrected chi connectivity index (χ0v) is 16.3. The summed E-state index contributed by atoms with van der Waals surface area (Å²) in [5.74, 6) is -0.108. The summed E-state index contributed by atoms with van der Waals surface area (Å²) in [4.78, 5) is 28.2. The Balaban J connectivity index is 1.46. The monoisotopic (exact) mass is 407 g/mol. The van der Waals surface area contributed by atoms with Crippen LogP contribution in [0.1, 0.15) is 23.3 Å². The molecule has 1 aromatic carbocycles. The van der Waals surface area contributed by atoms with E-state index in [1.54, 1.807) is 44.9 Å². The number of hydrogen-bond acceptors (Lipinski definition) is 3. The molecule has 0 unspecified atom stereocenters. The molecule has 1 spiro atoms. The maximum Gasteiger partial charge on any atom is 0.317 e. The second kappa shape index (κ2) is 6.73. The fraction of sp³-hybridized carbons (Fsp3) is 0.389. The number of halogens is 2. The van der Waals surface area contributed by atoms with Crippen LogP contribution in [0.2, 0.25) is 10.0 Å². The van der Waals surface area contributed by atoms with E-state index >= 15 is 0 Å². The molecule has 4 rings (SSSR count). The minimum absolute atomic E-state index is 0.0462. The quantitative estimate of drug-likeness (QED) is 0.831. The van der Waals surface area contributed by atoms with Crippen LogP contribution < -0.4 is 5.32 Å². The van der Waals surface area contributed by atoms with Crippen molar-refractivity contribution in [2.75, 3.05) is 26.7 Å². The molecule has 2 aliphatic heterocycles. The Hall–Kier alpha value is -2.25. The highest BCUT2D eigenvalue weighted by molar-refractivity contribution is 6.42. The van der Waals surface area contributed by atoms with Crippen LogP contribution in [-0.2, 0) is 0 Å². The van der Waals surface area contributed by atoms with Crippen LogP contribution in [0.3, 0.4) is 0 Å². The van der Waals surface area contributed by atoms with Crippen LogP contribution in [-0.4, -0.2) is 63.7 Å². The number of amides is 3. The van der Waals surface area contributed by atoms with Crippen LogP contribution >= 0.6 is 23.2 Å². The van der Waals surface area contributed by atoms with Gasteiger partial charge in [-0.15, -0.1) is 0 Å². The molecule has 2 fully saturated rings. The number of carbonyl (C=O) groups is 2. The number of aromatic nitrogens is 2. The van der Waals surface area contributed by atoms with Gasteiger partial charge in [-0.05, 0) is 37.1 Å². The van der Waals surface area contributed by atoms with Crippen molar-refractivity contribution in [3.63, 3.8) is 0 Å². The lowest BCUT2D eigenvalue weighted by atomic mass is 9.87. The first kappa shape index (κ1) is 18.1. The van der Waals surface area contributed by atoms with Crippen molar-refractivity contribution in [2.45, 2.75) is 18.4 Å². The Kier molecular flexibility index (Phi) is 4.52. The SMILES string of the molecule is CN1C(=O)NCC12CCN(C(=O)c1ccn(-c3ccc(Cl)c(Cl)c3)n1)CC2. The van der Waals surface area contributed by atoms with Gasteiger partial charge in [0.2, 0.25) is 0 Å². The molecule has 2 aliphatic rings. The Bertz CT molecular complexity index is 905. The van der Waals surface area contributed by atoms with Crippen molar-refractivity contribution >= 4 is 35.1 Å². The Morgan fingerprint density at radius 3 is 2.56 bits per heavy atom. The predicted octanol–water partition coefficient (Wildman–Crippen LogP) is 2.81. The van der Waals surface area contributed by atoms with E-state index in [1.807, 2.05) is 7.05 Å². The molecule has 2 aromatic rings. The van der Waals surface area contributed by atoms with E-state index in [-0.39, 0.29) is 17.5 Å². The molecule has 7 nitrogen and oxygen atoms in total. The molecular formula is C18H19Cl2N5O2. The molecule has 0 aliphatic carbocycles. The van der Waals surface area contributed by atoms with E-state index < -0.39 is 0 Å². The fourth-order valence-electron chi connectivity index (χ4n) is 3.70. The zero-order valence-electron chi connectivity index (χ0n) is 14.8. The first-order valence-corrected chi connectivity index (χ1v) is 9.47. The van der Waals surface area contributed by atoms with Gasteiger partial charge in [-0.25, -0.2) is 9.48 Å². The standard InChI is InChI=1S/C18H19Cl2N5O2/c1-23-17(27)21-11-18(23)5-8-24(9-6-18)16(26)15-4-7-25(22-15)12-2-3-13(19)14(20)10-12/h2-4,7,10H,5-6,8-9,11H2,1H3,(H,21,27). The Morgan fingerprint density at radius 2 is 1.93 bits per heavy atom. The third-order valence-electron chi connectivity index (χ3n) is 5.54. The molecule has 0 radical (unpaired) electrons. The normalized spacial score (nSPS) is 18.9. The van der Waals surface area contributed by atoms with Gasteiger partial charge in [-0.3, -0.25) is 4.79 Å². The number of rotatable bonds is 2. The molecule has 9 heteroatoms. The predicted molar refractivity (Wildman–Crippen MR) is 103 cm³/mol. The lowest BCUT2D eigenvalue weighted by Crippen LogP contribution is -2.54. The Labute approximate surface area is 166 Å². The Morgan fingerprint density at radius 1 is 1.19 bits per heavy atom. The maximum atomic E-state index is 12.8. The minimum atomic E-state index is -0.187. The summed E-state index contributed by atoms with van der Waals surface area (Å²) in [6.45, 7) is 1.83. The average molecular weight is 408 g/mol. The number of carbonyl (C=O) groups excluding carboxylic acids is 2. The molecule has 142 valence electrons. The summed E-state index contributed by atoms with van der Waals surface area (Å²) >= 11 is 12.0. The summed E-state index contributed by atoms with van der Waals surface area (Å²) in [6, 6.07) is 6.84. The molecule has 27 heavy (non-hydrogen) atoms. The third-order valence-corrected chi connectivity index (χ3v) is 6.28. The molecule has 1 N–H and O–H groups in total. The van der Waals surface area contributed by atoms with Crippen molar-refractivity contribution in [1.82, 2.24) is 24.9 Å².